The van der Waals surface area contributed by atoms with Crippen LogP contribution in [-0.4, -0.2) is 41.8 Å². The Morgan fingerprint density at radius 3 is 3.00 bits per heavy atom. The van der Waals surface area contributed by atoms with Crippen LogP contribution in [0.5, 0.6) is 0 Å². The van der Waals surface area contributed by atoms with Crippen molar-refractivity contribution in [1.29, 1.82) is 0 Å². The zero-order valence-corrected chi connectivity index (χ0v) is 11.2. The van der Waals surface area contributed by atoms with Crippen molar-refractivity contribution in [2.75, 3.05) is 24.6 Å². The molecule has 0 aliphatic carbocycles. The molecule has 0 amide bonds. The molecule has 94 valence electrons. The molecule has 1 fully saturated rings. The lowest BCUT2D eigenvalue weighted by molar-refractivity contribution is 0.424. The second-order valence-electron chi connectivity index (χ2n) is 3.93. The van der Waals surface area contributed by atoms with E-state index in [9.17, 15) is 8.42 Å². The first-order valence-corrected chi connectivity index (χ1v) is 7.83. The lowest BCUT2D eigenvalue weighted by Gasteiger charge is -2.29. The predicted octanol–water partition coefficient (Wildman–Crippen LogP) is 0.790. The van der Waals surface area contributed by atoms with Crippen LogP contribution in [0.15, 0.2) is 23.2 Å². The Morgan fingerprint density at radius 2 is 2.35 bits per heavy atom. The Labute approximate surface area is 105 Å². The number of rotatable bonds is 2. The monoisotopic (exact) mass is 273 g/mol. The molecule has 1 aliphatic rings. The molecule has 0 aromatic carbocycles. The molecule has 2 N–H and O–H groups in total. The van der Waals surface area contributed by atoms with Crippen LogP contribution in [0.25, 0.3) is 0 Å². The summed E-state index contributed by atoms with van der Waals surface area (Å²) in [6.45, 7) is 3.09. The van der Waals surface area contributed by atoms with Gasteiger partial charge in [0.1, 0.15) is 10.7 Å². The molecule has 7 heteroatoms. The van der Waals surface area contributed by atoms with Crippen LogP contribution in [0.3, 0.4) is 0 Å². The summed E-state index contributed by atoms with van der Waals surface area (Å²) >= 11 is 1.78. The molecule has 0 bridgehead atoms. The SMILES string of the molecule is CC1CN(S(=O)(=O)c2cccnc2N)CCS1. The lowest BCUT2D eigenvalue weighted by atomic mass is 10.4. The molecule has 1 aliphatic heterocycles. The molecule has 0 saturated carbocycles. The van der Waals surface area contributed by atoms with E-state index in [4.69, 9.17) is 5.73 Å². The Morgan fingerprint density at radius 1 is 1.59 bits per heavy atom. The fourth-order valence-corrected chi connectivity index (χ4v) is 4.59. The van der Waals surface area contributed by atoms with Gasteiger partial charge in [0.15, 0.2) is 0 Å². The molecular weight excluding hydrogens is 258 g/mol. The number of aromatic nitrogens is 1. The molecule has 0 spiro atoms. The Bertz CT molecular complexity index is 504. The minimum absolute atomic E-state index is 0.0679. The van der Waals surface area contributed by atoms with Crippen molar-refractivity contribution in [3.63, 3.8) is 0 Å². The van der Waals surface area contributed by atoms with E-state index in [0.717, 1.165) is 5.75 Å². The van der Waals surface area contributed by atoms with Crippen LogP contribution >= 0.6 is 11.8 Å². The number of pyridine rings is 1. The molecule has 1 unspecified atom stereocenters. The van der Waals surface area contributed by atoms with Crippen LogP contribution < -0.4 is 5.73 Å². The maximum atomic E-state index is 12.4. The Balaban J connectivity index is 2.33. The van der Waals surface area contributed by atoms with E-state index in [1.54, 1.807) is 17.8 Å². The highest BCUT2D eigenvalue weighted by molar-refractivity contribution is 8.00. The number of nitrogen functional groups attached to an aromatic ring is 1. The standard InChI is InChI=1S/C10H15N3O2S2/c1-8-7-13(5-6-16-8)17(14,15)9-3-2-4-12-10(9)11/h2-4,8H,5-7H2,1H3,(H2,11,12). The molecule has 2 rings (SSSR count). The average molecular weight is 273 g/mol. The van der Waals surface area contributed by atoms with Gasteiger partial charge in [0.05, 0.1) is 0 Å². The van der Waals surface area contributed by atoms with Gasteiger partial charge in [-0.15, -0.1) is 0 Å². The zero-order valence-electron chi connectivity index (χ0n) is 9.54. The van der Waals surface area contributed by atoms with Gasteiger partial charge in [0, 0.05) is 30.3 Å². The maximum Gasteiger partial charge on any atom is 0.246 e. The van der Waals surface area contributed by atoms with Gasteiger partial charge in [-0.3, -0.25) is 0 Å². The van der Waals surface area contributed by atoms with Crippen molar-refractivity contribution in [3.05, 3.63) is 18.3 Å². The Hall–Kier alpha value is -0.790. The van der Waals surface area contributed by atoms with Gasteiger partial charge in [-0.05, 0) is 12.1 Å². The summed E-state index contributed by atoms with van der Waals surface area (Å²) < 4.78 is 26.2. The molecule has 1 aromatic rings. The smallest absolute Gasteiger partial charge is 0.246 e. The van der Waals surface area contributed by atoms with E-state index >= 15 is 0 Å². The number of hydrogen-bond donors (Lipinski definition) is 1. The second-order valence-corrected chi connectivity index (χ2v) is 7.38. The zero-order chi connectivity index (χ0) is 12.5. The van der Waals surface area contributed by atoms with Crippen LogP contribution in [0.4, 0.5) is 5.82 Å². The summed E-state index contributed by atoms with van der Waals surface area (Å²) in [5, 5.41) is 0.316. The summed E-state index contributed by atoms with van der Waals surface area (Å²) in [5.41, 5.74) is 5.63. The van der Waals surface area contributed by atoms with E-state index in [-0.39, 0.29) is 10.7 Å². The summed E-state index contributed by atoms with van der Waals surface area (Å²) in [7, 11) is -3.49. The highest BCUT2D eigenvalue weighted by Crippen LogP contribution is 2.25. The number of nitrogens with zero attached hydrogens (tertiary/aromatic N) is 2. The van der Waals surface area contributed by atoms with Crippen molar-refractivity contribution < 1.29 is 8.42 Å². The molecule has 2 heterocycles. The number of sulfonamides is 1. The van der Waals surface area contributed by atoms with E-state index in [2.05, 4.69) is 4.98 Å². The summed E-state index contributed by atoms with van der Waals surface area (Å²) in [5.74, 6) is 0.888. The second kappa shape index (κ2) is 4.83. The molecular formula is C10H15N3O2S2. The van der Waals surface area contributed by atoms with Crippen molar-refractivity contribution in [1.82, 2.24) is 9.29 Å². The third-order valence-electron chi connectivity index (χ3n) is 2.62. The van der Waals surface area contributed by atoms with Crippen molar-refractivity contribution >= 4 is 27.6 Å². The topological polar surface area (TPSA) is 76.3 Å². The minimum Gasteiger partial charge on any atom is -0.383 e. The van der Waals surface area contributed by atoms with E-state index in [1.807, 2.05) is 6.92 Å². The quantitative estimate of drug-likeness (QED) is 0.862. The molecule has 17 heavy (non-hydrogen) atoms. The third kappa shape index (κ3) is 2.56. The first kappa shape index (κ1) is 12.7. The normalized spacial score (nSPS) is 22.5. The number of nitrogens with two attached hydrogens (primary N) is 1. The van der Waals surface area contributed by atoms with Gasteiger partial charge in [0.2, 0.25) is 10.0 Å². The van der Waals surface area contributed by atoms with Crippen LogP contribution in [0.1, 0.15) is 6.92 Å². The number of hydrogen-bond acceptors (Lipinski definition) is 5. The van der Waals surface area contributed by atoms with Crippen molar-refractivity contribution in [3.8, 4) is 0 Å². The van der Waals surface area contributed by atoms with Crippen LogP contribution in [-0.2, 0) is 10.0 Å². The first-order chi connectivity index (χ1) is 8.01. The summed E-state index contributed by atoms with van der Waals surface area (Å²) in [6, 6.07) is 3.09. The van der Waals surface area contributed by atoms with Crippen LogP contribution in [0, 0.1) is 0 Å². The molecule has 0 radical (unpaired) electrons. The number of anilines is 1. The molecule has 5 nitrogen and oxygen atoms in total. The maximum absolute atomic E-state index is 12.4. The molecule has 1 aromatic heterocycles. The van der Waals surface area contributed by atoms with Crippen molar-refractivity contribution in [2.45, 2.75) is 17.1 Å². The summed E-state index contributed by atoms with van der Waals surface area (Å²) in [6.07, 6.45) is 1.49. The number of thioether (sulfide) groups is 1. The van der Waals surface area contributed by atoms with Crippen molar-refractivity contribution in [2.24, 2.45) is 0 Å². The van der Waals surface area contributed by atoms with Gasteiger partial charge in [-0.2, -0.15) is 16.1 Å². The summed E-state index contributed by atoms with van der Waals surface area (Å²) in [4.78, 5) is 3.94. The largest absolute Gasteiger partial charge is 0.383 e. The third-order valence-corrected chi connectivity index (χ3v) is 5.67. The van der Waals surface area contributed by atoms with Crippen LogP contribution in [0.2, 0.25) is 0 Å². The highest BCUT2D eigenvalue weighted by atomic mass is 32.2. The lowest BCUT2D eigenvalue weighted by Crippen LogP contribution is -2.41. The van der Waals surface area contributed by atoms with E-state index < -0.39 is 10.0 Å². The molecule has 1 saturated heterocycles. The minimum atomic E-state index is -3.49. The first-order valence-electron chi connectivity index (χ1n) is 5.34. The fraction of sp³-hybridized carbons (Fsp3) is 0.500. The van der Waals surface area contributed by atoms with Gasteiger partial charge >= 0.3 is 0 Å². The fourth-order valence-electron chi connectivity index (χ4n) is 1.76. The highest BCUT2D eigenvalue weighted by Gasteiger charge is 2.30. The van der Waals surface area contributed by atoms with Gasteiger partial charge in [-0.1, -0.05) is 6.92 Å². The van der Waals surface area contributed by atoms with Gasteiger partial charge in [0.25, 0.3) is 0 Å². The average Bonchev–Trinajstić information content (AvgIpc) is 2.29. The van der Waals surface area contributed by atoms with Gasteiger partial charge < -0.3 is 5.73 Å². The molecule has 1 atom stereocenters. The van der Waals surface area contributed by atoms with Gasteiger partial charge in [-0.25, -0.2) is 13.4 Å². The predicted molar refractivity (Wildman–Crippen MR) is 69.3 cm³/mol. The Kier molecular flexibility index (Phi) is 3.60. The van der Waals surface area contributed by atoms with E-state index in [0.29, 0.717) is 18.3 Å². The van der Waals surface area contributed by atoms with E-state index in [1.165, 1.54) is 16.6 Å².